The lowest BCUT2D eigenvalue weighted by atomic mass is 10.1. The fraction of sp³-hybridized carbons (Fsp3) is 0.471. The van der Waals surface area contributed by atoms with Crippen molar-refractivity contribution < 1.29 is 4.79 Å². The number of carbonyl (C=O) groups excluding carboxylic acids is 1. The van der Waals surface area contributed by atoms with E-state index in [0.29, 0.717) is 18.4 Å². The van der Waals surface area contributed by atoms with Gasteiger partial charge in [0.25, 0.3) is 0 Å². The third-order valence-corrected chi connectivity index (χ3v) is 3.83. The molecule has 1 aromatic rings. The van der Waals surface area contributed by atoms with Crippen LogP contribution in [0, 0.1) is 6.92 Å². The van der Waals surface area contributed by atoms with Crippen LogP contribution in [0.2, 0.25) is 0 Å². The molecule has 3 nitrogen and oxygen atoms in total. The van der Waals surface area contributed by atoms with Crippen molar-refractivity contribution in [2.45, 2.75) is 38.8 Å². The van der Waals surface area contributed by atoms with Gasteiger partial charge in [-0.3, -0.25) is 4.79 Å². The van der Waals surface area contributed by atoms with Crippen LogP contribution in [-0.2, 0) is 11.3 Å². The zero-order valence-corrected chi connectivity index (χ0v) is 12.3. The first-order valence-electron chi connectivity index (χ1n) is 7.37. The fourth-order valence-electron chi connectivity index (χ4n) is 2.79. The molecule has 3 heteroatoms. The second-order valence-corrected chi connectivity index (χ2v) is 5.48. The summed E-state index contributed by atoms with van der Waals surface area (Å²) in [5.41, 5.74) is 2.47. The number of carbonyl (C=O) groups is 1. The Morgan fingerprint density at radius 1 is 1.50 bits per heavy atom. The quantitative estimate of drug-likeness (QED) is 0.611. The molecule has 0 spiro atoms. The minimum absolute atomic E-state index is 0.292. The van der Waals surface area contributed by atoms with Crippen molar-refractivity contribution in [2.24, 2.45) is 0 Å². The number of benzene rings is 1. The lowest BCUT2D eigenvalue weighted by Gasteiger charge is -2.25. The molecule has 0 aromatic heterocycles. The van der Waals surface area contributed by atoms with E-state index in [1.807, 2.05) is 11.0 Å². The van der Waals surface area contributed by atoms with Crippen LogP contribution in [0.5, 0.6) is 0 Å². The number of hydrogen-bond acceptors (Lipinski definition) is 2. The van der Waals surface area contributed by atoms with Crippen molar-refractivity contribution in [2.75, 3.05) is 13.1 Å². The summed E-state index contributed by atoms with van der Waals surface area (Å²) in [4.78, 5) is 14.1. The number of likely N-dealkylation sites (tertiary alicyclic amines) is 1. The Morgan fingerprint density at radius 3 is 3.10 bits per heavy atom. The highest BCUT2D eigenvalue weighted by atomic mass is 16.2. The maximum absolute atomic E-state index is 12.1. The number of amides is 1. The smallest absolute Gasteiger partial charge is 0.223 e. The maximum Gasteiger partial charge on any atom is 0.223 e. The molecule has 1 fully saturated rings. The zero-order chi connectivity index (χ0) is 14.4. The van der Waals surface area contributed by atoms with Gasteiger partial charge in [0.2, 0.25) is 5.91 Å². The van der Waals surface area contributed by atoms with Gasteiger partial charge in [-0.2, -0.15) is 0 Å². The van der Waals surface area contributed by atoms with Gasteiger partial charge in [-0.15, -0.1) is 6.58 Å². The lowest BCUT2D eigenvalue weighted by Crippen LogP contribution is -2.34. The SMILES string of the molecule is C=CCNCCC1CCC(=O)N1Cc1cccc(C)c1. The molecular formula is C17H24N2O. The number of nitrogens with one attached hydrogen (secondary N) is 1. The average Bonchev–Trinajstić information content (AvgIpc) is 2.76. The van der Waals surface area contributed by atoms with E-state index < -0.39 is 0 Å². The first-order chi connectivity index (χ1) is 9.70. The molecule has 2 rings (SSSR count). The van der Waals surface area contributed by atoms with E-state index in [-0.39, 0.29) is 0 Å². The molecule has 1 saturated heterocycles. The van der Waals surface area contributed by atoms with Crippen LogP contribution >= 0.6 is 0 Å². The van der Waals surface area contributed by atoms with E-state index in [1.165, 1.54) is 11.1 Å². The van der Waals surface area contributed by atoms with Gasteiger partial charge in [-0.05, 0) is 31.9 Å². The number of nitrogens with zero attached hydrogens (tertiary/aromatic N) is 1. The minimum atomic E-state index is 0.292. The first-order valence-corrected chi connectivity index (χ1v) is 7.37. The zero-order valence-electron chi connectivity index (χ0n) is 12.3. The molecule has 0 bridgehead atoms. The summed E-state index contributed by atoms with van der Waals surface area (Å²) in [6, 6.07) is 8.79. The van der Waals surface area contributed by atoms with Crippen molar-refractivity contribution in [1.29, 1.82) is 0 Å². The summed E-state index contributed by atoms with van der Waals surface area (Å²) in [5, 5.41) is 3.31. The predicted octanol–water partition coefficient (Wildman–Crippen LogP) is 2.65. The maximum atomic E-state index is 12.1. The van der Waals surface area contributed by atoms with Crippen LogP contribution in [0.1, 0.15) is 30.4 Å². The van der Waals surface area contributed by atoms with Gasteiger partial charge >= 0.3 is 0 Å². The van der Waals surface area contributed by atoms with Crippen LogP contribution in [0.4, 0.5) is 0 Å². The molecule has 1 aromatic carbocycles. The second kappa shape index (κ2) is 7.25. The molecule has 1 atom stereocenters. The molecule has 0 aliphatic carbocycles. The lowest BCUT2D eigenvalue weighted by molar-refractivity contribution is -0.129. The van der Waals surface area contributed by atoms with Gasteiger partial charge in [0.05, 0.1) is 0 Å². The van der Waals surface area contributed by atoms with Crippen LogP contribution in [-0.4, -0.2) is 29.9 Å². The molecule has 0 saturated carbocycles. The average molecular weight is 272 g/mol. The monoisotopic (exact) mass is 272 g/mol. The largest absolute Gasteiger partial charge is 0.335 e. The Labute approximate surface area is 121 Å². The predicted molar refractivity (Wildman–Crippen MR) is 82.4 cm³/mol. The molecule has 1 aliphatic rings. The molecular weight excluding hydrogens is 248 g/mol. The molecule has 20 heavy (non-hydrogen) atoms. The minimum Gasteiger partial charge on any atom is -0.335 e. The van der Waals surface area contributed by atoms with Gasteiger partial charge in [0.1, 0.15) is 0 Å². The van der Waals surface area contributed by atoms with E-state index in [4.69, 9.17) is 0 Å². The van der Waals surface area contributed by atoms with Gasteiger partial charge in [0.15, 0.2) is 0 Å². The highest BCUT2D eigenvalue weighted by Gasteiger charge is 2.30. The third-order valence-electron chi connectivity index (χ3n) is 3.83. The van der Waals surface area contributed by atoms with Crippen LogP contribution < -0.4 is 5.32 Å². The van der Waals surface area contributed by atoms with E-state index in [0.717, 1.165) is 32.5 Å². The topological polar surface area (TPSA) is 32.3 Å². The van der Waals surface area contributed by atoms with Crippen molar-refractivity contribution in [3.05, 3.63) is 48.0 Å². The first kappa shape index (κ1) is 14.8. The van der Waals surface area contributed by atoms with Crippen molar-refractivity contribution in [1.82, 2.24) is 10.2 Å². The Kier molecular flexibility index (Phi) is 5.36. The summed E-state index contributed by atoms with van der Waals surface area (Å²) < 4.78 is 0. The summed E-state index contributed by atoms with van der Waals surface area (Å²) >= 11 is 0. The highest BCUT2D eigenvalue weighted by molar-refractivity contribution is 5.78. The van der Waals surface area contributed by atoms with E-state index in [1.54, 1.807) is 0 Å². The summed E-state index contributed by atoms with van der Waals surface area (Å²) in [6.45, 7) is 8.30. The fourth-order valence-corrected chi connectivity index (χ4v) is 2.79. The van der Waals surface area contributed by atoms with Crippen LogP contribution in [0.15, 0.2) is 36.9 Å². The van der Waals surface area contributed by atoms with Crippen molar-refractivity contribution in [3.8, 4) is 0 Å². The van der Waals surface area contributed by atoms with Crippen molar-refractivity contribution in [3.63, 3.8) is 0 Å². The van der Waals surface area contributed by atoms with Gasteiger partial charge in [-0.1, -0.05) is 35.9 Å². The summed E-state index contributed by atoms with van der Waals surface area (Å²) in [7, 11) is 0. The molecule has 1 N–H and O–H groups in total. The molecule has 0 radical (unpaired) electrons. The van der Waals surface area contributed by atoms with Crippen LogP contribution in [0.25, 0.3) is 0 Å². The third kappa shape index (κ3) is 3.94. The Balaban J connectivity index is 1.92. The molecule has 1 unspecified atom stereocenters. The summed E-state index contributed by atoms with van der Waals surface area (Å²) in [6.07, 6.45) is 4.56. The summed E-state index contributed by atoms with van der Waals surface area (Å²) in [5.74, 6) is 0.292. The molecule has 108 valence electrons. The Hall–Kier alpha value is -1.61. The van der Waals surface area contributed by atoms with Gasteiger partial charge < -0.3 is 10.2 Å². The Bertz CT molecular complexity index is 470. The Morgan fingerprint density at radius 2 is 2.35 bits per heavy atom. The number of aryl methyl sites for hydroxylation is 1. The normalized spacial score (nSPS) is 18.6. The van der Waals surface area contributed by atoms with Gasteiger partial charge in [-0.25, -0.2) is 0 Å². The second-order valence-electron chi connectivity index (χ2n) is 5.48. The van der Waals surface area contributed by atoms with E-state index >= 15 is 0 Å². The number of rotatable bonds is 7. The molecule has 1 heterocycles. The molecule has 1 amide bonds. The van der Waals surface area contributed by atoms with Crippen molar-refractivity contribution >= 4 is 5.91 Å². The van der Waals surface area contributed by atoms with E-state index in [9.17, 15) is 4.79 Å². The standard InChI is InChI=1S/C17H24N2O/c1-3-10-18-11-9-16-7-8-17(20)19(16)13-15-6-4-5-14(2)12-15/h3-6,12,16,18H,1,7-11,13H2,2H3. The van der Waals surface area contributed by atoms with Gasteiger partial charge in [0, 0.05) is 25.6 Å². The van der Waals surface area contributed by atoms with E-state index in [2.05, 4.69) is 43.1 Å². The van der Waals surface area contributed by atoms with Crippen LogP contribution in [0.3, 0.4) is 0 Å². The number of hydrogen-bond donors (Lipinski definition) is 1. The highest BCUT2D eigenvalue weighted by Crippen LogP contribution is 2.23. The molecule has 1 aliphatic heterocycles.